The number of hydrogen-bond donors (Lipinski definition) is 1. The number of phenols is 1. The maximum Gasteiger partial charge on any atom is 0.267 e. The third-order valence-corrected chi connectivity index (χ3v) is 18.3. The predicted molar refractivity (Wildman–Crippen MR) is 214 cm³/mol. The largest absolute Gasteiger partial charge is 0.507 e. The van der Waals surface area contributed by atoms with Crippen LogP contribution in [0.15, 0.2) is 66.7 Å². The lowest BCUT2D eigenvalue weighted by Crippen LogP contribution is -2.48. The van der Waals surface area contributed by atoms with Crippen LogP contribution in [0.2, 0.25) is 16.6 Å². The molecule has 0 amide bonds. The SMILES string of the molecule is COc1cc(C2=CC(=O)c3cccc(O)c3C23OCCO3)c2c3c(c4c(cc13)CC(CCO[Si](C(C)C)(C(C)C)C(C)C)O[C@H]4C)OC(c1ccccc1)O2. The van der Waals surface area contributed by atoms with Gasteiger partial charge in [-0.2, -0.15) is 0 Å². The van der Waals surface area contributed by atoms with Gasteiger partial charge in [-0.3, -0.25) is 4.79 Å². The summed E-state index contributed by atoms with van der Waals surface area (Å²) >= 11 is 0. The van der Waals surface area contributed by atoms with Gasteiger partial charge in [-0.05, 0) is 66.2 Å². The fraction of sp³-hybridized carbons (Fsp3) is 0.444. The Morgan fingerprint density at radius 2 is 1.58 bits per heavy atom. The minimum Gasteiger partial charge on any atom is -0.507 e. The van der Waals surface area contributed by atoms with Gasteiger partial charge in [-0.15, -0.1) is 0 Å². The van der Waals surface area contributed by atoms with E-state index in [-0.39, 0.29) is 42.5 Å². The van der Waals surface area contributed by atoms with Crippen LogP contribution in [-0.4, -0.2) is 52.2 Å². The molecule has 1 fully saturated rings. The number of ether oxygens (including phenoxy) is 6. The molecule has 9 nitrogen and oxygen atoms in total. The molecule has 1 N–H and O–H groups in total. The zero-order valence-electron chi connectivity index (χ0n) is 33.1. The van der Waals surface area contributed by atoms with Gasteiger partial charge in [0.25, 0.3) is 6.29 Å². The Morgan fingerprint density at radius 3 is 2.25 bits per heavy atom. The fourth-order valence-corrected chi connectivity index (χ4v) is 15.4. The minimum atomic E-state index is -2.03. The highest BCUT2D eigenvalue weighted by molar-refractivity contribution is 6.77. The van der Waals surface area contributed by atoms with Gasteiger partial charge in [-0.25, -0.2) is 0 Å². The Hall–Kier alpha value is -4.19. The molecular formula is C45H52O9Si. The van der Waals surface area contributed by atoms with Gasteiger partial charge < -0.3 is 38.0 Å². The second kappa shape index (κ2) is 14.4. The molecule has 0 bridgehead atoms. The van der Waals surface area contributed by atoms with E-state index in [2.05, 4.69) is 54.5 Å². The molecule has 1 spiro atoms. The summed E-state index contributed by atoms with van der Waals surface area (Å²) in [6.07, 6.45) is 1.87. The van der Waals surface area contributed by atoms with Gasteiger partial charge in [0.05, 0.1) is 43.5 Å². The Kier molecular flexibility index (Phi) is 9.87. The van der Waals surface area contributed by atoms with Crippen molar-refractivity contribution < 1.29 is 42.7 Å². The number of phenolic OH excluding ortho intramolecular Hbond substituents is 1. The van der Waals surface area contributed by atoms with Gasteiger partial charge in [0, 0.05) is 39.8 Å². The van der Waals surface area contributed by atoms with Crippen LogP contribution in [-0.2, 0) is 30.8 Å². The topological polar surface area (TPSA) is 102 Å². The first kappa shape index (κ1) is 37.7. The lowest BCUT2D eigenvalue weighted by molar-refractivity contribution is -0.115. The van der Waals surface area contributed by atoms with Crippen molar-refractivity contribution in [3.63, 3.8) is 0 Å². The third-order valence-electron chi connectivity index (χ3n) is 12.2. The lowest BCUT2D eigenvalue weighted by Gasteiger charge is -2.42. The van der Waals surface area contributed by atoms with Crippen LogP contribution in [0.5, 0.6) is 23.0 Å². The standard InChI is InChI=1S/C45H52O9Si/c1-25(2)55(26(3)4,27(5)6)51-18-17-31-21-30-22-34-38(48-8)23-33(35-24-37(47)32-15-12-16-36(46)41(32)45(35)49-19-20-50-45)42-40(34)43(39(30)28(7)52-31)54-44(53-42)29-13-10-9-11-14-29/h9-16,22-28,31,44,46H,17-21H2,1-8H3/t28-,31?,44?/m0/s1. The second-order valence-electron chi connectivity index (χ2n) is 16.1. The number of methoxy groups -OCH3 is 1. The van der Waals surface area contributed by atoms with E-state index in [9.17, 15) is 9.90 Å². The molecule has 1 aliphatic carbocycles. The smallest absolute Gasteiger partial charge is 0.267 e. The Bertz CT molecular complexity index is 2130. The molecular weight excluding hydrogens is 713 g/mol. The van der Waals surface area contributed by atoms with Crippen molar-refractivity contribution in [2.24, 2.45) is 0 Å². The van der Waals surface area contributed by atoms with Gasteiger partial charge >= 0.3 is 0 Å². The van der Waals surface area contributed by atoms with Crippen LogP contribution < -0.4 is 14.2 Å². The Morgan fingerprint density at radius 1 is 0.891 bits per heavy atom. The third kappa shape index (κ3) is 5.99. The minimum absolute atomic E-state index is 0.0393. The van der Waals surface area contributed by atoms with E-state index >= 15 is 0 Å². The van der Waals surface area contributed by atoms with Crippen LogP contribution in [0.4, 0.5) is 0 Å². The van der Waals surface area contributed by atoms with Gasteiger partial charge in [0.2, 0.25) is 5.79 Å². The molecule has 3 aliphatic heterocycles. The number of aromatic hydroxyl groups is 1. The van der Waals surface area contributed by atoms with Crippen LogP contribution in [0.1, 0.15) is 105 Å². The summed E-state index contributed by atoms with van der Waals surface area (Å²) in [5.41, 5.74) is 6.01. The van der Waals surface area contributed by atoms with E-state index in [0.29, 0.717) is 69.0 Å². The van der Waals surface area contributed by atoms with Crippen molar-refractivity contribution >= 4 is 30.4 Å². The summed E-state index contributed by atoms with van der Waals surface area (Å²) in [5, 5.41) is 12.8. The van der Waals surface area contributed by atoms with E-state index in [0.717, 1.165) is 28.5 Å². The average molecular weight is 765 g/mol. The normalized spacial score (nSPS) is 21.5. The zero-order valence-corrected chi connectivity index (χ0v) is 34.1. The molecule has 4 aromatic rings. The highest BCUT2D eigenvalue weighted by atomic mass is 28.4. The first-order chi connectivity index (χ1) is 26.4. The fourth-order valence-electron chi connectivity index (χ4n) is 9.95. The highest BCUT2D eigenvalue weighted by Crippen LogP contribution is 2.58. The zero-order chi connectivity index (χ0) is 38.8. The number of hydrogen-bond acceptors (Lipinski definition) is 9. The molecule has 4 aliphatic rings. The number of rotatable bonds is 10. The van der Waals surface area contributed by atoms with Crippen LogP contribution >= 0.6 is 0 Å². The monoisotopic (exact) mass is 764 g/mol. The van der Waals surface area contributed by atoms with Crippen molar-refractivity contribution in [3.8, 4) is 23.0 Å². The van der Waals surface area contributed by atoms with Gasteiger partial charge in [0.15, 0.2) is 14.1 Å². The van der Waals surface area contributed by atoms with Gasteiger partial charge in [-0.1, -0.05) is 84.0 Å². The molecule has 290 valence electrons. The Balaban J connectivity index is 1.26. The molecule has 2 unspecified atom stereocenters. The molecule has 0 aromatic heterocycles. The molecule has 55 heavy (non-hydrogen) atoms. The quantitative estimate of drug-likeness (QED) is 0.158. The van der Waals surface area contributed by atoms with Crippen molar-refractivity contribution in [2.45, 2.75) is 102 Å². The maximum absolute atomic E-state index is 13.8. The summed E-state index contributed by atoms with van der Waals surface area (Å²) < 4.78 is 46.5. The first-order valence-corrected chi connectivity index (χ1v) is 21.8. The Labute approximate surface area is 324 Å². The summed E-state index contributed by atoms with van der Waals surface area (Å²) in [6.45, 7) is 17.2. The van der Waals surface area contributed by atoms with E-state index in [1.165, 1.54) is 6.08 Å². The number of fused-ring (bicyclic) bond motifs is 4. The molecule has 3 heterocycles. The van der Waals surface area contributed by atoms with E-state index in [4.69, 9.17) is 32.8 Å². The highest BCUT2D eigenvalue weighted by Gasteiger charge is 2.52. The average Bonchev–Trinajstić information content (AvgIpc) is 3.64. The lowest BCUT2D eigenvalue weighted by atomic mass is 9.80. The van der Waals surface area contributed by atoms with Crippen molar-refractivity contribution in [1.82, 2.24) is 0 Å². The first-order valence-electron chi connectivity index (χ1n) is 19.7. The van der Waals surface area contributed by atoms with E-state index in [1.54, 1.807) is 25.3 Å². The maximum atomic E-state index is 13.8. The number of ketones is 1. The van der Waals surface area contributed by atoms with Crippen molar-refractivity contribution in [2.75, 3.05) is 26.9 Å². The number of allylic oxidation sites excluding steroid dienone is 1. The number of carbonyl (C=O) groups excluding carboxylic acids is 1. The van der Waals surface area contributed by atoms with Crippen molar-refractivity contribution in [3.05, 3.63) is 100 Å². The summed E-state index contributed by atoms with van der Waals surface area (Å²) in [4.78, 5) is 13.8. The molecule has 3 atom stereocenters. The van der Waals surface area contributed by atoms with E-state index < -0.39 is 20.4 Å². The second-order valence-corrected chi connectivity index (χ2v) is 21.6. The number of carbonyl (C=O) groups is 1. The summed E-state index contributed by atoms with van der Waals surface area (Å²) in [6, 6.07) is 18.7. The molecule has 8 rings (SSSR count). The summed E-state index contributed by atoms with van der Waals surface area (Å²) in [7, 11) is -0.389. The predicted octanol–water partition coefficient (Wildman–Crippen LogP) is 10.1. The summed E-state index contributed by atoms with van der Waals surface area (Å²) in [5.74, 6) is -0.170. The molecule has 10 heteroatoms. The van der Waals surface area contributed by atoms with Crippen molar-refractivity contribution in [1.29, 1.82) is 0 Å². The molecule has 4 aromatic carbocycles. The van der Waals surface area contributed by atoms with Crippen LogP contribution in [0.25, 0.3) is 16.3 Å². The molecule has 0 radical (unpaired) electrons. The van der Waals surface area contributed by atoms with E-state index in [1.807, 2.05) is 36.4 Å². The number of benzene rings is 4. The van der Waals surface area contributed by atoms with Crippen LogP contribution in [0, 0.1) is 0 Å². The molecule has 0 saturated carbocycles. The molecule has 1 saturated heterocycles. The van der Waals surface area contributed by atoms with Crippen LogP contribution in [0.3, 0.4) is 0 Å². The van der Waals surface area contributed by atoms with Gasteiger partial charge in [0.1, 0.15) is 23.0 Å².